The standard InChI is InChI=1S/C39H39F2N9O5/c1-55-33-15-29-25(14-30(33)44-36(52)24-13-23(16-42)17-43-18-24)20-49(47-29)26-7-5-22(6-8-26)19-48-12-11-28(39(40,41)21-48)27-3-2-4-31-35(27)46-38(54)50(31)32-9-10-34(51)45-37(32)53/h2-4,13-15,17-18,20,22,26,28,32H,5-12,19,21H2,1H3,(H,44,52)(H,46,54)(H,45,51,53)/t22?,26?,28-,32?/m1/s1. The zero-order chi connectivity index (χ0) is 38.4. The lowest BCUT2D eigenvalue weighted by Crippen LogP contribution is -2.49. The highest BCUT2D eigenvalue weighted by Crippen LogP contribution is 2.43. The summed E-state index contributed by atoms with van der Waals surface area (Å²) in [6, 6.07) is 11.2. The third kappa shape index (κ3) is 6.95. The molecule has 3 fully saturated rings. The molecule has 1 saturated carbocycles. The molecule has 284 valence electrons. The number of piperidine rings is 2. The van der Waals surface area contributed by atoms with Crippen LogP contribution < -0.4 is 21.1 Å². The quantitative estimate of drug-likeness (QED) is 0.183. The lowest BCUT2D eigenvalue weighted by Gasteiger charge is -2.41. The fourth-order valence-corrected chi connectivity index (χ4v) is 8.55. The number of aromatic amines is 1. The second-order valence-corrected chi connectivity index (χ2v) is 14.8. The van der Waals surface area contributed by atoms with Crippen LogP contribution in [0.4, 0.5) is 14.5 Å². The van der Waals surface area contributed by atoms with E-state index in [1.807, 2.05) is 21.8 Å². The number of rotatable bonds is 8. The molecule has 3 aliphatic rings. The molecule has 1 unspecified atom stereocenters. The maximum Gasteiger partial charge on any atom is 0.327 e. The topological polar surface area (TPSA) is 180 Å². The van der Waals surface area contributed by atoms with Gasteiger partial charge in [0.15, 0.2) is 0 Å². The van der Waals surface area contributed by atoms with Gasteiger partial charge < -0.3 is 15.0 Å². The number of anilines is 1. The fraction of sp³-hybridized carbons (Fsp3) is 0.410. The van der Waals surface area contributed by atoms with Gasteiger partial charge in [0.2, 0.25) is 11.8 Å². The Morgan fingerprint density at radius 2 is 1.91 bits per heavy atom. The number of ether oxygens (including phenoxy) is 1. The van der Waals surface area contributed by atoms with Gasteiger partial charge in [0.1, 0.15) is 17.9 Å². The van der Waals surface area contributed by atoms with Crippen molar-refractivity contribution in [1.82, 2.24) is 34.5 Å². The molecule has 1 aliphatic carbocycles. The Labute approximate surface area is 313 Å². The van der Waals surface area contributed by atoms with Crippen molar-refractivity contribution in [3.8, 4) is 11.8 Å². The molecule has 0 bridgehead atoms. The molecule has 5 aromatic rings. The van der Waals surface area contributed by atoms with Crippen molar-refractivity contribution in [3.63, 3.8) is 0 Å². The number of hydrogen-bond acceptors (Lipinski definition) is 9. The number of amides is 3. The number of hydrogen-bond donors (Lipinski definition) is 3. The zero-order valence-corrected chi connectivity index (χ0v) is 30.1. The Morgan fingerprint density at radius 1 is 1.09 bits per heavy atom. The number of imide groups is 1. The van der Waals surface area contributed by atoms with Crippen molar-refractivity contribution in [1.29, 1.82) is 5.26 Å². The third-order valence-electron chi connectivity index (χ3n) is 11.3. The SMILES string of the molecule is COc1cc2nn(C3CCC(CN4CC[C@H](c5cccc6c5[nH]c(=O)n6C5CCC(=O)NC5=O)C(F)(F)C4)CC3)cc2cc1NC(=O)c1cncc(C#N)c1. The Balaban J connectivity index is 0.901. The van der Waals surface area contributed by atoms with Crippen molar-refractivity contribution in [2.75, 3.05) is 32.1 Å². The number of alkyl halides is 2. The van der Waals surface area contributed by atoms with Crippen LogP contribution >= 0.6 is 0 Å². The zero-order valence-electron chi connectivity index (χ0n) is 30.1. The minimum absolute atomic E-state index is 0.0911. The van der Waals surface area contributed by atoms with Gasteiger partial charge in [-0.2, -0.15) is 10.4 Å². The van der Waals surface area contributed by atoms with Crippen LogP contribution in [-0.2, 0) is 9.59 Å². The van der Waals surface area contributed by atoms with Crippen LogP contribution in [0, 0.1) is 17.2 Å². The first-order valence-corrected chi connectivity index (χ1v) is 18.4. The van der Waals surface area contributed by atoms with E-state index in [4.69, 9.17) is 15.1 Å². The van der Waals surface area contributed by atoms with Gasteiger partial charge >= 0.3 is 5.69 Å². The molecule has 0 radical (unpaired) electrons. The number of halogens is 2. The number of nitrogens with zero attached hydrogens (tertiary/aromatic N) is 6. The molecular weight excluding hydrogens is 712 g/mol. The molecular formula is C39H39F2N9O5. The van der Waals surface area contributed by atoms with E-state index in [-0.39, 0.29) is 42.3 Å². The molecule has 5 heterocycles. The van der Waals surface area contributed by atoms with Crippen LogP contribution in [0.2, 0.25) is 0 Å². The minimum atomic E-state index is -3.05. The molecule has 8 rings (SSSR count). The number of likely N-dealkylation sites (tertiary alicyclic amines) is 1. The highest BCUT2D eigenvalue weighted by Gasteiger charge is 2.46. The average Bonchev–Trinajstić information content (AvgIpc) is 3.74. The summed E-state index contributed by atoms with van der Waals surface area (Å²) in [5.74, 6) is -4.87. The van der Waals surface area contributed by atoms with Gasteiger partial charge in [0, 0.05) is 43.0 Å². The van der Waals surface area contributed by atoms with E-state index in [2.05, 4.69) is 20.6 Å². The number of carbonyl (C=O) groups is 3. The van der Waals surface area contributed by atoms with Gasteiger partial charge in [-0.3, -0.25) is 38.8 Å². The number of H-pyrrole nitrogens is 1. The highest BCUT2D eigenvalue weighted by atomic mass is 19.3. The normalized spacial score (nSPS) is 23.0. The molecule has 3 amide bonds. The predicted molar refractivity (Wildman–Crippen MR) is 197 cm³/mol. The van der Waals surface area contributed by atoms with Crippen LogP contribution in [0.5, 0.6) is 5.75 Å². The first-order valence-electron chi connectivity index (χ1n) is 18.4. The second kappa shape index (κ2) is 14.4. The number of carbonyl (C=O) groups excluding carboxylic acids is 3. The van der Waals surface area contributed by atoms with E-state index >= 15 is 8.78 Å². The number of benzene rings is 2. The van der Waals surface area contributed by atoms with Crippen molar-refractivity contribution in [2.24, 2.45) is 5.92 Å². The summed E-state index contributed by atoms with van der Waals surface area (Å²) in [7, 11) is 1.51. The second-order valence-electron chi connectivity index (χ2n) is 14.8. The van der Waals surface area contributed by atoms with Gasteiger partial charge in [0.25, 0.3) is 11.8 Å². The van der Waals surface area contributed by atoms with Crippen molar-refractivity contribution >= 4 is 45.3 Å². The first kappa shape index (κ1) is 36.0. The molecule has 3 N–H and O–H groups in total. The molecule has 0 spiro atoms. The molecule has 2 aromatic carbocycles. The number of aromatic nitrogens is 5. The van der Waals surface area contributed by atoms with Crippen LogP contribution in [0.3, 0.4) is 0 Å². The summed E-state index contributed by atoms with van der Waals surface area (Å²) < 4.78 is 40.8. The van der Waals surface area contributed by atoms with Gasteiger partial charge in [-0.25, -0.2) is 13.6 Å². The molecule has 14 nitrogen and oxygen atoms in total. The highest BCUT2D eigenvalue weighted by molar-refractivity contribution is 6.06. The number of methoxy groups -OCH3 is 1. The van der Waals surface area contributed by atoms with Gasteiger partial charge in [0.05, 0.1) is 59.0 Å². The Morgan fingerprint density at radius 3 is 2.65 bits per heavy atom. The largest absolute Gasteiger partial charge is 0.494 e. The van der Waals surface area contributed by atoms with E-state index in [0.29, 0.717) is 46.6 Å². The summed E-state index contributed by atoms with van der Waals surface area (Å²) in [5, 5.41) is 19.9. The van der Waals surface area contributed by atoms with Crippen LogP contribution in [0.25, 0.3) is 21.9 Å². The summed E-state index contributed by atoms with van der Waals surface area (Å²) in [6.07, 6.45) is 8.59. The molecule has 3 aromatic heterocycles. The van der Waals surface area contributed by atoms with E-state index in [1.54, 1.807) is 30.3 Å². The monoisotopic (exact) mass is 751 g/mol. The number of nitriles is 1. The summed E-state index contributed by atoms with van der Waals surface area (Å²) in [5.41, 5.74) is 2.16. The average molecular weight is 752 g/mol. The number of nitrogens with one attached hydrogen (secondary N) is 3. The third-order valence-corrected chi connectivity index (χ3v) is 11.3. The summed E-state index contributed by atoms with van der Waals surface area (Å²) in [4.78, 5) is 58.8. The fourth-order valence-electron chi connectivity index (χ4n) is 8.55. The van der Waals surface area contributed by atoms with Gasteiger partial charge in [-0.1, -0.05) is 12.1 Å². The number of imidazole rings is 1. The number of fused-ring (bicyclic) bond motifs is 2. The van der Waals surface area contributed by atoms with Gasteiger partial charge in [-0.05, 0) is 74.8 Å². The van der Waals surface area contributed by atoms with E-state index in [1.165, 1.54) is 30.1 Å². The summed E-state index contributed by atoms with van der Waals surface area (Å²) in [6.45, 7) is 0.661. The van der Waals surface area contributed by atoms with Crippen molar-refractivity contribution < 1.29 is 27.9 Å². The van der Waals surface area contributed by atoms with Crippen molar-refractivity contribution in [3.05, 3.63) is 82.2 Å². The van der Waals surface area contributed by atoms with Crippen LogP contribution in [-0.4, -0.2) is 79.6 Å². The summed E-state index contributed by atoms with van der Waals surface area (Å²) >= 11 is 0. The number of pyridine rings is 1. The molecule has 55 heavy (non-hydrogen) atoms. The maximum absolute atomic E-state index is 16.0. The van der Waals surface area contributed by atoms with Crippen molar-refractivity contribution in [2.45, 2.75) is 68.9 Å². The Kier molecular flexibility index (Phi) is 9.42. The van der Waals surface area contributed by atoms with Gasteiger partial charge in [-0.15, -0.1) is 0 Å². The molecule has 2 aliphatic heterocycles. The van der Waals surface area contributed by atoms with E-state index in [0.717, 1.165) is 31.1 Å². The molecule has 2 atom stereocenters. The van der Waals surface area contributed by atoms with E-state index in [9.17, 15) is 19.2 Å². The van der Waals surface area contributed by atoms with Crippen LogP contribution in [0.15, 0.2) is 59.8 Å². The minimum Gasteiger partial charge on any atom is -0.494 e. The predicted octanol–water partition coefficient (Wildman–Crippen LogP) is 5.04. The smallest absolute Gasteiger partial charge is 0.327 e. The Bertz CT molecular complexity index is 2420. The first-order chi connectivity index (χ1) is 26.5. The maximum atomic E-state index is 16.0. The number of para-hydroxylation sites is 1. The molecule has 2 saturated heterocycles. The molecule has 16 heteroatoms. The van der Waals surface area contributed by atoms with E-state index < -0.39 is 47.8 Å². The lowest BCUT2D eigenvalue weighted by molar-refractivity contribution is -0.135. The van der Waals surface area contributed by atoms with Crippen LogP contribution in [0.1, 0.15) is 84.4 Å². The Hall–Kier alpha value is -5.95. The lowest BCUT2D eigenvalue weighted by atomic mass is 9.83.